The largest absolute Gasteiger partial charge is 0.456 e. The second-order valence-electron chi connectivity index (χ2n) is 13.4. The minimum atomic E-state index is 0.449. The van der Waals surface area contributed by atoms with Crippen molar-refractivity contribution in [2.45, 2.75) is 0 Å². The molecule has 0 radical (unpaired) electrons. The van der Waals surface area contributed by atoms with Crippen LogP contribution in [0.15, 0.2) is 188 Å². The van der Waals surface area contributed by atoms with Gasteiger partial charge in [-0.05, 0) is 71.8 Å². The molecular weight excluding hydrogens is 689 g/mol. The molecule has 10 rings (SSSR count). The Morgan fingerprint density at radius 3 is 1.93 bits per heavy atom. The maximum Gasteiger partial charge on any atom is 0.182 e. The quantitative estimate of drug-likeness (QED) is 0.145. The summed E-state index contributed by atoms with van der Waals surface area (Å²) in [6.45, 7) is 8.40. The lowest BCUT2D eigenvalue weighted by Crippen LogP contribution is -2.06. The number of rotatable bonds is 8. The van der Waals surface area contributed by atoms with E-state index in [0.29, 0.717) is 28.9 Å². The molecule has 264 valence electrons. The molecule has 0 fully saturated rings. The van der Waals surface area contributed by atoms with Crippen LogP contribution in [0.2, 0.25) is 0 Å². The first-order chi connectivity index (χ1) is 27.7. The van der Waals surface area contributed by atoms with E-state index >= 15 is 0 Å². The number of hydrogen-bond acceptors (Lipinski definition) is 6. The molecule has 0 unspecified atom stereocenters. The number of benzene rings is 5. The molecule has 5 aromatic heterocycles. The van der Waals surface area contributed by atoms with Crippen LogP contribution in [-0.2, 0) is 0 Å². The number of furan rings is 1. The Morgan fingerprint density at radius 2 is 1.23 bits per heavy atom. The highest BCUT2D eigenvalue weighted by Gasteiger charge is 2.25. The van der Waals surface area contributed by atoms with E-state index in [-0.39, 0.29) is 0 Å². The van der Waals surface area contributed by atoms with Crippen molar-refractivity contribution in [1.29, 1.82) is 0 Å². The van der Waals surface area contributed by atoms with Gasteiger partial charge in [0.1, 0.15) is 22.6 Å². The predicted octanol–water partition coefficient (Wildman–Crippen LogP) is 12.1. The SMILES string of the molecule is C=C/C=C(\C=C)c1cc(-c2nc(-c3ccccn3)nc(-c3ccccn3)n2)cc(-c2ccccc2)c1-n1c2ccccc2c2ccc3oc4ccccc4c3c21. The van der Waals surface area contributed by atoms with Crippen molar-refractivity contribution >= 4 is 49.3 Å². The Kier molecular flexibility index (Phi) is 7.96. The lowest BCUT2D eigenvalue weighted by Gasteiger charge is -2.21. The molecule has 0 N–H and O–H groups in total. The van der Waals surface area contributed by atoms with Gasteiger partial charge in [-0.25, -0.2) is 15.0 Å². The molecule has 0 aliphatic carbocycles. The highest BCUT2D eigenvalue weighted by Crippen LogP contribution is 2.45. The average molecular weight is 721 g/mol. The Balaban J connectivity index is 1.37. The summed E-state index contributed by atoms with van der Waals surface area (Å²) in [4.78, 5) is 24.2. The molecule has 0 amide bonds. The molecule has 0 aliphatic heterocycles. The monoisotopic (exact) mass is 720 g/mol. The number of para-hydroxylation sites is 2. The van der Waals surface area contributed by atoms with Crippen molar-refractivity contribution in [3.63, 3.8) is 0 Å². The van der Waals surface area contributed by atoms with Crippen LogP contribution in [0.25, 0.3) is 101 Å². The predicted molar refractivity (Wildman–Crippen MR) is 227 cm³/mol. The van der Waals surface area contributed by atoms with Crippen molar-refractivity contribution in [3.05, 3.63) is 189 Å². The molecule has 0 saturated heterocycles. The second kappa shape index (κ2) is 13.6. The maximum absolute atomic E-state index is 6.49. The first-order valence-electron chi connectivity index (χ1n) is 18.3. The fourth-order valence-corrected chi connectivity index (χ4v) is 7.68. The van der Waals surface area contributed by atoms with Gasteiger partial charge in [0, 0.05) is 45.2 Å². The first-order valence-corrected chi connectivity index (χ1v) is 18.3. The van der Waals surface area contributed by atoms with Gasteiger partial charge in [-0.3, -0.25) is 9.97 Å². The van der Waals surface area contributed by atoms with Crippen molar-refractivity contribution in [3.8, 4) is 51.2 Å². The summed E-state index contributed by atoms with van der Waals surface area (Å²) in [6, 6.07) is 47.2. The van der Waals surface area contributed by atoms with Gasteiger partial charge in [0.2, 0.25) is 0 Å². The lowest BCUT2D eigenvalue weighted by atomic mass is 9.92. The molecule has 0 saturated carbocycles. The Labute approximate surface area is 322 Å². The molecule has 0 atom stereocenters. The number of hydrogen-bond donors (Lipinski definition) is 0. The van der Waals surface area contributed by atoms with Crippen molar-refractivity contribution < 1.29 is 4.42 Å². The first kappa shape index (κ1) is 32.8. The molecule has 0 spiro atoms. The van der Waals surface area contributed by atoms with Gasteiger partial charge in [-0.2, -0.15) is 0 Å². The van der Waals surface area contributed by atoms with E-state index in [1.807, 2.05) is 66.7 Å². The number of nitrogens with zero attached hydrogens (tertiary/aromatic N) is 6. The fraction of sp³-hybridized carbons (Fsp3) is 0. The maximum atomic E-state index is 6.49. The molecule has 56 heavy (non-hydrogen) atoms. The van der Waals surface area contributed by atoms with Crippen molar-refractivity contribution in [2.24, 2.45) is 0 Å². The summed E-state index contributed by atoms with van der Waals surface area (Å²) < 4.78 is 8.88. The molecule has 7 heteroatoms. The topological polar surface area (TPSA) is 82.5 Å². The normalized spacial score (nSPS) is 11.8. The van der Waals surface area contributed by atoms with Crippen LogP contribution in [-0.4, -0.2) is 29.5 Å². The molecule has 10 aromatic rings. The van der Waals surface area contributed by atoms with E-state index in [2.05, 4.69) is 113 Å². The molecule has 5 aromatic carbocycles. The van der Waals surface area contributed by atoms with Crippen LogP contribution in [0.3, 0.4) is 0 Å². The van der Waals surface area contributed by atoms with Gasteiger partial charge in [0.15, 0.2) is 17.5 Å². The van der Waals surface area contributed by atoms with Crippen LogP contribution in [0.5, 0.6) is 0 Å². The van der Waals surface area contributed by atoms with Gasteiger partial charge >= 0.3 is 0 Å². The average Bonchev–Trinajstić information content (AvgIpc) is 3.81. The van der Waals surface area contributed by atoms with Gasteiger partial charge in [-0.1, -0.05) is 110 Å². The van der Waals surface area contributed by atoms with Crippen LogP contribution >= 0.6 is 0 Å². The van der Waals surface area contributed by atoms with E-state index in [9.17, 15) is 0 Å². The minimum Gasteiger partial charge on any atom is -0.456 e. The summed E-state index contributed by atoms with van der Waals surface area (Å²) in [7, 11) is 0. The van der Waals surface area contributed by atoms with E-state index < -0.39 is 0 Å². The lowest BCUT2D eigenvalue weighted by molar-refractivity contribution is 0.669. The highest BCUT2D eigenvalue weighted by molar-refractivity contribution is 6.25. The Bertz CT molecular complexity index is 3110. The van der Waals surface area contributed by atoms with Crippen LogP contribution in [0.1, 0.15) is 5.56 Å². The third-order valence-electron chi connectivity index (χ3n) is 10.1. The van der Waals surface area contributed by atoms with Gasteiger partial charge < -0.3 is 8.98 Å². The fourth-order valence-electron chi connectivity index (χ4n) is 7.68. The summed E-state index contributed by atoms with van der Waals surface area (Å²) in [5.41, 5.74) is 10.6. The van der Waals surface area contributed by atoms with Gasteiger partial charge in [0.05, 0.1) is 22.1 Å². The Morgan fingerprint density at radius 1 is 0.571 bits per heavy atom. The Hall–Kier alpha value is -7.77. The van der Waals surface area contributed by atoms with Crippen LogP contribution in [0, 0.1) is 0 Å². The second-order valence-corrected chi connectivity index (χ2v) is 13.4. The molecule has 5 heterocycles. The third kappa shape index (κ3) is 5.41. The van der Waals surface area contributed by atoms with E-state index in [1.165, 1.54) is 0 Å². The molecular formula is C49H32N6O. The summed E-state index contributed by atoms with van der Waals surface area (Å²) in [5, 5.41) is 4.36. The van der Waals surface area contributed by atoms with Crippen molar-refractivity contribution in [2.75, 3.05) is 0 Å². The number of aromatic nitrogens is 6. The zero-order valence-electron chi connectivity index (χ0n) is 30.2. The van der Waals surface area contributed by atoms with Crippen LogP contribution in [0.4, 0.5) is 0 Å². The van der Waals surface area contributed by atoms with E-state index in [1.54, 1.807) is 18.5 Å². The smallest absolute Gasteiger partial charge is 0.182 e. The van der Waals surface area contributed by atoms with E-state index in [0.717, 1.165) is 77.3 Å². The molecule has 0 aliphatic rings. The van der Waals surface area contributed by atoms with Crippen molar-refractivity contribution in [1.82, 2.24) is 29.5 Å². The number of pyridine rings is 2. The van der Waals surface area contributed by atoms with E-state index in [4.69, 9.17) is 19.4 Å². The molecule has 0 bridgehead atoms. The third-order valence-corrected chi connectivity index (χ3v) is 10.1. The summed E-state index contributed by atoms with van der Waals surface area (Å²) in [6.07, 6.45) is 9.14. The summed E-state index contributed by atoms with van der Waals surface area (Å²) >= 11 is 0. The summed E-state index contributed by atoms with van der Waals surface area (Å²) in [5.74, 6) is 1.38. The number of fused-ring (bicyclic) bond motifs is 7. The van der Waals surface area contributed by atoms with Gasteiger partial charge in [-0.15, -0.1) is 0 Å². The standard InChI is InChI=1S/C49H32N6O/c1-3-16-31(4-2)37-29-33(47-52-48(39-21-12-14-27-50-39)54-49(53-47)40-22-13-15-28-51-40)30-38(32-17-6-5-7-18-32)45(37)55-41-23-10-8-19-34(41)35-25-26-43-44(46(35)55)36-20-9-11-24-42(36)56-43/h3-30H,1-2H2/b31-16+. The zero-order chi connectivity index (χ0) is 37.6. The minimum absolute atomic E-state index is 0.449. The highest BCUT2D eigenvalue weighted by atomic mass is 16.3. The van der Waals surface area contributed by atoms with Gasteiger partial charge in [0.25, 0.3) is 0 Å². The molecule has 7 nitrogen and oxygen atoms in total. The number of allylic oxidation sites excluding steroid dienone is 4. The zero-order valence-corrected chi connectivity index (χ0v) is 30.2. The van der Waals surface area contributed by atoms with Crippen LogP contribution < -0.4 is 0 Å².